The first-order chi connectivity index (χ1) is 14.7. The summed E-state index contributed by atoms with van der Waals surface area (Å²) in [4.78, 5) is 4.31. The van der Waals surface area contributed by atoms with Gasteiger partial charge in [0.15, 0.2) is 0 Å². The third kappa shape index (κ3) is 7.11. The SMILES string of the molecule is CCCCC(C)c1nc(-c2ccc(OCCCC(C)=C(C)CC)c(C(F)(F)F)c2)no1. The van der Waals surface area contributed by atoms with Gasteiger partial charge in [-0.3, -0.25) is 0 Å². The Balaban J connectivity index is 2.14. The lowest BCUT2D eigenvalue weighted by atomic mass is 10.0. The summed E-state index contributed by atoms with van der Waals surface area (Å²) in [5.41, 5.74) is 2.00. The highest BCUT2D eigenvalue weighted by atomic mass is 19.4. The maximum atomic E-state index is 13.7. The first-order valence-corrected chi connectivity index (χ1v) is 11.0. The summed E-state index contributed by atoms with van der Waals surface area (Å²) in [6.07, 6.45) is 0.868. The highest BCUT2D eigenvalue weighted by Crippen LogP contribution is 2.38. The third-order valence-electron chi connectivity index (χ3n) is 5.61. The van der Waals surface area contributed by atoms with E-state index in [0.717, 1.165) is 38.2 Å². The minimum Gasteiger partial charge on any atom is -0.493 e. The van der Waals surface area contributed by atoms with Gasteiger partial charge in [0.2, 0.25) is 11.7 Å². The van der Waals surface area contributed by atoms with Crippen LogP contribution in [0.25, 0.3) is 11.4 Å². The number of aromatic nitrogens is 2. The number of hydrogen-bond donors (Lipinski definition) is 0. The smallest absolute Gasteiger partial charge is 0.419 e. The Bertz CT molecular complexity index is 872. The Morgan fingerprint density at radius 1 is 1.13 bits per heavy atom. The summed E-state index contributed by atoms with van der Waals surface area (Å²) in [7, 11) is 0. The second kappa shape index (κ2) is 11.3. The summed E-state index contributed by atoms with van der Waals surface area (Å²) in [5.74, 6) is 0.499. The van der Waals surface area contributed by atoms with Gasteiger partial charge in [-0.15, -0.1) is 0 Å². The van der Waals surface area contributed by atoms with Crippen LogP contribution in [0.4, 0.5) is 13.2 Å². The Morgan fingerprint density at radius 3 is 2.52 bits per heavy atom. The second-order valence-electron chi connectivity index (χ2n) is 8.07. The molecule has 31 heavy (non-hydrogen) atoms. The molecule has 7 heteroatoms. The van der Waals surface area contributed by atoms with Gasteiger partial charge in [-0.05, 0) is 57.7 Å². The van der Waals surface area contributed by atoms with Crippen molar-refractivity contribution in [1.29, 1.82) is 0 Å². The van der Waals surface area contributed by atoms with Gasteiger partial charge < -0.3 is 9.26 Å². The molecule has 0 bridgehead atoms. The minimum atomic E-state index is -4.54. The van der Waals surface area contributed by atoms with Crippen LogP contribution in [0.3, 0.4) is 0 Å². The summed E-state index contributed by atoms with van der Waals surface area (Å²) >= 11 is 0. The molecule has 0 radical (unpaired) electrons. The molecule has 0 fully saturated rings. The Morgan fingerprint density at radius 2 is 1.87 bits per heavy atom. The van der Waals surface area contributed by atoms with Gasteiger partial charge in [-0.25, -0.2) is 0 Å². The fourth-order valence-electron chi connectivity index (χ4n) is 3.24. The molecule has 1 unspecified atom stereocenters. The van der Waals surface area contributed by atoms with Crippen LogP contribution in [0.2, 0.25) is 0 Å². The number of benzene rings is 1. The molecule has 0 saturated heterocycles. The highest BCUT2D eigenvalue weighted by Gasteiger charge is 2.35. The number of nitrogens with zero attached hydrogens (tertiary/aromatic N) is 2. The Kier molecular flexibility index (Phi) is 9.14. The van der Waals surface area contributed by atoms with Crippen molar-refractivity contribution >= 4 is 0 Å². The molecule has 2 aromatic rings. The first kappa shape index (κ1) is 25.0. The van der Waals surface area contributed by atoms with Crippen molar-refractivity contribution in [2.45, 2.75) is 85.2 Å². The fourth-order valence-corrected chi connectivity index (χ4v) is 3.24. The first-order valence-electron chi connectivity index (χ1n) is 11.0. The van der Waals surface area contributed by atoms with E-state index in [9.17, 15) is 13.2 Å². The average molecular weight is 439 g/mol. The number of alkyl halides is 3. The van der Waals surface area contributed by atoms with Crippen molar-refractivity contribution in [2.75, 3.05) is 6.61 Å². The van der Waals surface area contributed by atoms with Gasteiger partial charge >= 0.3 is 6.18 Å². The van der Waals surface area contributed by atoms with Crippen LogP contribution in [0.5, 0.6) is 5.75 Å². The molecule has 2 rings (SSSR count). The van der Waals surface area contributed by atoms with Crippen LogP contribution in [0, 0.1) is 0 Å². The van der Waals surface area contributed by atoms with Crippen molar-refractivity contribution in [3.8, 4) is 17.1 Å². The molecule has 0 aliphatic rings. The topological polar surface area (TPSA) is 48.2 Å². The maximum Gasteiger partial charge on any atom is 0.419 e. The highest BCUT2D eigenvalue weighted by molar-refractivity contribution is 5.59. The van der Waals surface area contributed by atoms with Crippen molar-refractivity contribution < 1.29 is 22.4 Å². The van der Waals surface area contributed by atoms with E-state index in [2.05, 4.69) is 37.8 Å². The van der Waals surface area contributed by atoms with E-state index in [-0.39, 0.29) is 29.7 Å². The Hall–Kier alpha value is -2.31. The van der Waals surface area contributed by atoms with E-state index >= 15 is 0 Å². The molecule has 1 atom stereocenters. The number of rotatable bonds is 11. The van der Waals surface area contributed by atoms with Crippen molar-refractivity contribution in [1.82, 2.24) is 10.1 Å². The number of allylic oxidation sites excluding steroid dienone is 2. The predicted molar refractivity (Wildman–Crippen MR) is 116 cm³/mol. The average Bonchev–Trinajstić information content (AvgIpc) is 3.24. The Labute approximate surface area is 182 Å². The maximum absolute atomic E-state index is 13.7. The van der Waals surface area contributed by atoms with Crippen LogP contribution >= 0.6 is 0 Å². The third-order valence-corrected chi connectivity index (χ3v) is 5.61. The summed E-state index contributed by atoms with van der Waals surface area (Å²) < 4.78 is 51.7. The fraction of sp³-hybridized carbons (Fsp3) is 0.583. The van der Waals surface area contributed by atoms with Crippen molar-refractivity contribution in [3.63, 3.8) is 0 Å². The van der Waals surface area contributed by atoms with Gasteiger partial charge in [0.25, 0.3) is 0 Å². The monoisotopic (exact) mass is 438 g/mol. The molecule has 0 aliphatic heterocycles. The normalized spacial score (nSPS) is 13.8. The molecule has 1 aromatic carbocycles. The van der Waals surface area contributed by atoms with Crippen LogP contribution in [0.15, 0.2) is 33.9 Å². The molecule has 0 N–H and O–H groups in total. The molecule has 0 saturated carbocycles. The molecular formula is C24H33F3N2O2. The van der Waals surface area contributed by atoms with Gasteiger partial charge in [0.1, 0.15) is 5.75 Å². The van der Waals surface area contributed by atoms with E-state index in [1.54, 1.807) is 6.07 Å². The van der Waals surface area contributed by atoms with E-state index < -0.39 is 11.7 Å². The van der Waals surface area contributed by atoms with Crippen LogP contribution in [-0.2, 0) is 6.18 Å². The van der Waals surface area contributed by atoms with E-state index in [1.165, 1.54) is 17.2 Å². The molecular weight excluding hydrogens is 405 g/mol. The predicted octanol–water partition coefficient (Wildman–Crippen LogP) is 7.95. The number of hydrogen-bond acceptors (Lipinski definition) is 4. The van der Waals surface area contributed by atoms with Crippen molar-refractivity contribution in [3.05, 3.63) is 40.8 Å². The lowest BCUT2D eigenvalue weighted by Crippen LogP contribution is -2.10. The van der Waals surface area contributed by atoms with E-state index in [0.29, 0.717) is 12.3 Å². The molecule has 0 amide bonds. The quantitative estimate of drug-likeness (QED) is 0.264. The van der Waals surface area contributed by atoms with Gasteiger partial charge in [0.05, 0.1) is 12.2 Å². The molecule has 172 valence electrons. The van der Waals surface area contributed by atoms with Gasteiger partial charge in [-0.2, -0.15) is 18.2 Å². The van der Waals surface area contributed by atoms with Gasteiger partial charge in [-0.1, -0.05) is 49.9 Å². The molecule has 0 spiro atoms. The summed E-state index contributed by atoms with van der Waals surface area (Å²) in [6, 6.07) is 3.92. The van der Waals surface area contributed by atoms with Crippen molar-refractivity contribution in [2.24, 2.45) is 0 Å². The zero-order chi connectivity index (χ0) is 23.0. The molecule has 0 aliphatic carbocycles. The van der Waals surface area contributed by atoms with E-state index in [4.69, 9.17) is 9.26 Å². The standard InChI is InChI=1S/C24H33F3N2O2/c1-6-8-10-18(5)23-28-22(29-31-23)19-12-13-21(20(15-19)24(25,26)27)30-14-9-11-17(4)16(3)7-2/h12-13,15,18H,6-11,14H2,1-5H3. The summed E-state index contributed by atoms with van der Waals surface area (Å²) in [5, 5.41) is 3.89. The zero-order valence-corrected chi connectivity index (χ0v) is 19.1. The van der Waals surface area contributed by atoms with Crippen LogP contribution in [-0.4, -0.2) is 16.7 Å². The number of unbranched alkanes of at least 4 members (excludes halogenated alkanes) is 1. The van der Waals surface area contributed by atoms with Crippen LogP contribution < -0.4 is 4.74 Å². The summed E-state index contributed by atoms with van der Waals surface area (Å²) in [6.45, 7) is 10.5. The largest absolute Gasteiger partial charge is 0.493 e. The molecule has 4 nitrogen and oxygen atoms in total. The van der Waals surface area contributed by atoms with Gasteiger partial charge in [0, 0.05) is 11.5 Å². The van der Waals surface area contributed by atoms with Crippen LogP contribution in [0.1, 0.15) is 90.5 Å². The second-order valence-corrected chi connectivity index (χ2v) is 8.07. The molecule has 1 heterocycles. The minimum absolute atomic E-state index is 0.0692. The molecule has 1 aromatic heterocycles. The lowest BCUT2D eigenvalue weighted by molar-refractivity contribution is -0.138. The lowest BCUT2D eigenvalue weighted by Gasteiger charge is -2.15. The number of halogens is 3. The van der Waals surface area contributed by atoms with E-state index in [1.807, 2.05) is 6.92 Å². The number of ether oxygens (including phenoxy) is 1. The zero-order valence-electron chi connectivity index (χ0n) is 19.1.